The van der Waals surface area contributed by atoms with Crippen molar-refractivity contribution in [2.24, 2.45) is 11.8 Å². The molecule has 0 aliphatic carbocycles. The van der Waals surface area contributed by atoms with Gasteiger partial charge in [-0.05, 0) is 6.92 Å². The molecule has 0 fully saturated rings. The van der Waals surface area contributed by atoms with Crippen molar-refractivity contribution in [2.75, 3.05) is 31.2 Å². The summed E-state index contributed by atoms with van der Waals surface area (Å²) in [6.45, 7) is 1.87. The maximum Gasteiger partial charge on any atom is 0.319 e. The SMILES string of the molecule is CCOC(=O)C(CS)C(=O)NCCNC(=O)C(CS)C(=O)O. The number of thiol groups is 2. The quantitative estimate of drug-likeness (QED) is 0.148. The molecule has 0 saturated heterocycles. The summed E-state index contributed by atoms with van der Waals surface area (Å²) in [6.07, 6.45) is 0. The number of nitrogens with one attached hydrogen (secondary N) is 2. The average Bonchev–Trinajstić information content (AvgIpc) is 2.45. The predicted octanol–water partition coefficient (Wildman–Crippen LogP) is -1.04. The second-order valence-corrected chi connectivity index (χ2v) is 4.87. The van der Waals surface area contributed by atoms with Gasteiger partial charge >= 0.3 is 11.9 Å². The summed E-state index contributed by atoms with van der Waals surface area (Å²) in [7, 11) is 0. The summed E-state index contributed by atoms with van der Waals surface area (Å²) in [5.41, 5.74) is 0. The van der Waals surface area contributed by atoms with Crippen molar-refractivity contribution in [1.82, 2.24) is 10.6 Å². The number of hydrogen-bond donors (Lipinski definition) is 5. The van der Waals surface area contributed by atoms with Gasteiger partial charge in [0.15, 0.2) is 0 Å². The summed E-state index contributed by atoms with van der Waals surface area (Å²) in [5.74, 6) is -5.59. The van der Waals surface area contributed by atoms with E-state index in [0.717, 1.165) is 0 Å². The molecule has 0 aromatic rings. The molecule has 3 N–H and O–H groups in total. The smallest absolute Gasteiger partial charge is 0.319 e. The topological polar surface area (TPSA) is 122 Å². The molecule has 2 amide bonds. The van der Waals surface area contributed by atoms with Gasteiger partial charge in [-0.15, -0.1) is 0 Å². The number of aliphatic carboxylic acids is 1. The van der Waals surface area contributed by atoms with E-state index in [9.17, 15) is 19.2 Å². The summed E-state index contributed by atoms with van der Waals surface area (Å²) in [5, 5.41) is 13.6. The largest absolute Gasteiger partial charge is 0.481 e. The molecular weight excluding hydrogens is 332 g/mol. The van der Waals surface area contributed by atoms with Gasteiger partial charge in [0.1, 0.15) is 11.8 Å². The van der Waals surface area contributed by atoms with Crippen LogP contribution >= 0.6 is 25.3 Å². The molecular formula is C12H20N2O6S2. The van der Waals surface area contributed by atoms with Crippen LogP contribution in [0.15, 0.2) is 0 Å². The summed E-state index contributed by atoms with van der Waals surface area (Å²) >= 11 is 7.70. The first-order chi connectivity index (χ1) is 10.4. The summed E-state index contributed by atoms with van der Waals surface area (Å²) in [4.78, 5) is 45.5. The molecule has 2 unspecified atom stereocenters. The van der Waals surface area contributed by atoms with E-state index < -0.39 is 35.6 Å². The molecule has 0 spiro atoms. The van der Waals surface area contributed by atoms with Crippen LogP contribution in [0.2, 0.25) is 0 Å². The average molecular weight is 352 g/mol. The van der Waals surface area contributed by atoms with Gasteiger partial charge in [-0.1, -0.05) is 0 Å². The van der Waals surface area contributed by atoms with Crippen LogP contribution in [0.25, 0.3) is 0 Å². The van der Waals surface area contributed by atoms with Gasteiger partial charge in [0.2, 0.25) is 11.8 Å². The molecule has 0 saturated carbocycles. The van der Waals surface area contributed by atoms with Crippen LogP contribution in [0.1, 0.15) is 6.92 Å². The van der Waals surface area contributed by atoms with Crippen molar-refractivity contribution < 1.29 is 29.0 Å². The van der Waals surface area contributed by atoms with Crippen LogP contribution in [0.5, 0.6) is 0 Å². The van der Waals surface area contributed by atoms with Crippen LogP contribution in [0, 0.1) is 11.8 Å². The van der Waals surface area contributed by atoms with Crippen molar-refractivity contribution >= 4 is 49.0 Å². The zero-order valence-corrected chi connectivity index (χ0v) is 13.9. The highest BCUT2D eigenvalue weighted by Crippen LogP contribution is 2.03. The number of amides is 2. The Morgan fingerprint density at radius 2 is 1.45 bits per heavy atom. The van der Waals surface area contributed by atoms with Crippen LogP contribution in [-0.2, 0) is 23.9 Å². The number of hydrogen-bond acceptors (Lipinski definition) is 7. The van der Waals surface area contributed by atoms with Gasteiger partial charge in [0.05, 0.1) is 6.61 Å². The highest BCUT2D eigenvalue weighted by atomic mass is 32.1. The number of rotatable bonds is 10. The first kappa shape index (κ1) is 20.6. The molecule has 0 bridgehead atoms. The van der Waals surface area contributed by atoms with E-state index in [1.165, 1.54) is 0 Å². The Morgan fingerprint density at radius 1 is 1.00 bits per heavy atom. The molecule has 8 nitrogen and oxygen atoms in total. The highest BCUT2D eigenvalue weighted by Gasteiger charge is 2.27. The van der Waals surface area contributed by atoms with Crippen molar-refractivity contribution in [2.45, 2.75) is 6.92 Å². The van der Waals surface area contributed by atoms with Crippen molar-refractivity contribution in [3.63, 3.8) is 0 Å². The van der Waals surface area contributed by atoms with Crippen LogP contribution in [0.3, 0.4) is 0 Å². The standard InChI is InChI=1S/C12H20N2O6S2/c1-2-20-12(19)8(6-22)10(16)14-4-3-13-9(15)7(5-21)11(17)18/h7-8,21-22H,2-6H2,1H3,(H,13,15)(H,14,16)(H,17,18). The van der Waals surface area contributed by atoms with E-state index >= 15 is 0 Å². The monoisotopic (exact) mass is 352 g/mol. The molecule has 0 aliphatic rings. The molecule has 10 heteroatoms. The first-order valence-corrected chi connectivity index (χ1v) is 7.82. The molecule has 2 atom stereocenters. The van der Waals surface area contributed by atoms with E-state index in [2.05, 4.69) is 35.9 Å². The molecule has 0 aromatic heterocycles. The number of carboxylic acid groups (broad SMARTS) is 1. The normalized spacial score (nSPS) is 12.9. The van der Waals surface area contributed by atoms with E-state index in [1.807, 2.05) is 0 Å². The van der Waals surface area contributed by atoms with E-state index in [4.69, 9.17) is 9.84 Å². The Hall–Kier alpha value is -1.42. The molecule has 0 rings (SSSR count). The Morgan fingerprint density at radius 3 is 1.82 bits per heavy atom. The van der Waals surface area contributed by atoms with E-state index in [1.54, 1.807) is 6.92 Å². The molecule has 22 heavy (non-hydrogen) atoms. The Kier molecular flexibility index (Phi) is 10.5. The first-order valence-electron chi connectivity index (χ1n) is 6.55. The Balaban J connectivity index is 4.19. The van der Waals surface area contributed by atoms with Crippen LogP contribution < -0.4 is 10.6 Å². The second kappa shape index (κ2) is 11.2. The van der Waals surface area contributed by atoms with E-state index in [0.29, 0.717) is 0 Å². The van der Waals surface area contributed by atoms with Crippen LogP contribution in [0.4, 0.5) is 0 Å². The lowest BCUT2D eigenvalue weighted by Gasteiger charge is -2.14. The highest BCUT2D eigenvalue weighted by molar-refractivity contribution is 7.80. The van der Waals surface area contributed by atoms with Gasteiger partial charge in [-0.25, -0.2) is 0 Å². The lowest BCUT2D eigenvalue weighted by molar-refractivity contribution is -0.151. The Bertz CT molecular complexity index is 418. The van der Waals surface area contributed by atoms with E-state index in [-0.39, 0.29) is 31.2 Å². The van der Waals surface area contributed by atoms with Gasteiger partial charge in [-0.3, -0.25) is 19.2 Å². The molecule has 126 valence electrons. The van der Waals surface area contributed by atoms with Crippen molar-refractivity contribution in [3.8, 4) is 0 Å². The predicted molar refractivity (Wildman–Crippen MR) is 85.0 cm³/mol. The summed E-state index contributed by atoms with van der Waals surface area (Å²) in [6, 6.07) is 0. The fraction of sp³-hybridized carbons (Fsp3) is 0.667. The number of carbonyl (C=O) groups excluding carboxylic acids is 3. The van der Waals surface area contributed by atoms with Crippen molar-refractivity contribution in [3.05, 3.63) is 0 Å². The molecule has 0 aromatic carbocycles. The summed E-state index contributed by atoms with van der Waals surface area (Å²) < 4.78 is 4.74. The van der Waals surface area contributed by atoms with Crippen molar-refractivity contribution in [1.29, 1.82) is 0 Å². The maximum absolute atomic E-state index is 11.8. The number of carbonyl (C=O) groups is 4. The number of ether oxygens (including phenoxy) is 1. The van der Waals surface area contributed by atoms with Crippen LogP contribution in [-0.4, -0.2) is 60.1 Å². The van der Waals surface area contributed by atoms with Gasteiger partial charge in [-0.2, -0.15) is 25.3 Å². The second-order valence-electron chi connectivity index (χ2n) is 4.14. The minimum Gasteiger partial charge on any atom is -0.481 e. The number of carboxylic acids is 1. The maximum atomic E-state index is 11.8. The Labute approximate surface area is 139 Å². The molecule has 0 heterocycles. The van der Waals surface area contributed by atoms with Gasteiger partial charge < -0.3 is 20.5 Å². The van der Waals surface area contributed by atoms with Gasteiger partial charge in [0.25, 0.3) is 0 Å². The molecule has 0 radical (unpaired) electrons. The lowest BCUT2D eigenvalue weighted by Crippen LogP contribution is -2.43. The third-order valence-corrected chi connectivity index (χ3v) is 3.32. The third-order valence-electron chi connectivity index (χ3n) is 2.59. The zero-order chi connectivity index (χ0) is 17.1. The third kappa shape index (κ3) is 7.03. The fourth-order valence-electron chi connectivity index (χ4n) is 1.40. The minimum atomic E-state index is -1.27. The minimum absolute atomic E-state index is 0.00222. The zero-order valence-electron chi connectivity index (χ0n) is 12.1. The lowest BCUT2D eigenvalue weighted by atomic mass is 10.1. The number of esters is 1. The fourth-order valence-corrected chi connectivity index (χ4v) is 2.04. The van der Waals surface area contributed by atoms with Gasteiger partial charge in [0, 0.05) is 24.6 Å². The molecule has 0 aliphatic heterocycles.